The first-order chi connectivity index (χ1) is 5.83. The zero-order chi connectivity index (χ0) is 8.81. The van der Waals surface area contributed by atoms with Crippen molar-refractivity contribution in [3.8, 4) is 12.3 Å². The van der Waals surface area contributed by atoms with Crippen molar-refractivity contribution in [1.29, 1.82) is 0 Å². The van der Waals surface area contributed by atoms with Crippen LogP contribution in [0.3, 0.4) is 0 Å². The molecule has 1 aromatic carbocycles. The van der Waals surface area contributed by atoms with E-state index in [4.69, 9.17) is 18.0 Å². The van der Waals surface area contributed by atoms with E-state index in [-0.39, 0.29) is 0 Å². The maximum atomic E-state index is 5.71. The van der Waals surface area contributed by atoms with Gasteiger partial charge in [-0.05, 0) is 24.3 Å². The van der Waals surface area contributed by atoms with E-state index in [1.54, 1.807) is 0 Å². The molecule has 0 saturated carbocycles. The fourth-order valence-electron chi connectivity index (χ4n) is 0.847. The summed E-state index contributed by atoms with van der Waals surface area (Å²) in [6.07, 6.45) is 5.84. The number of benzene rings is 1. The van der Waals surface area contributed by atoms with Crippen LogP contribution in [0.4, 0.5) is 5.69 Å². The number of hydrogen-bond donors (Lipinski definition) is 1. The van der Waals surface area contributed by atoms with E-state index in [9.17, 15) is 0 Å². The van der Waals surface area contributed by atoms with Crippen LogP contribution in [0.15, 0.2) is 24.3 Å². The quantitative estimate of drug-likeness (QED) is 0.556. The molecule has 0 spiro atoms. The Kier molecular flexibility index (Phi) is 3.50. The summed E-state index contributed by atoms with van der Waals surface area (Å²) >= 11 is 5.71. The lowest BCUT2D eigenvalue weighted by Crippen LogP contribution is -1.99. The molecule has 0 aliphatic heterocycles. The van der Waals surface area contributed by atoms with E-state index in [0.29, 0.717) is 0 Å². The Bertz CT molecular complexity index is 271. The Hall–Kier alpha value is -1.13. The van der Waals surface area contributed by atoms with Crippen molar-refractivity contribution in [3.63, 3.8) is 0 Å². The van der Waals surface area contributed by atoms with E-state index < -0.39 is 0 Å². The van der Waals surface area contributed by atoms with Gasteiger partial charge in [-0.2, -0.15) is 0 Å². The predicted molar refractivity (Wildman–Crippen MR) is 53.4 cm³/mol. The number of terminal acetylenes is 1. The van der Waals surface area contributed by atoms with Gasteiger partial charge in [-0.3, -0.25) is 0 Å². The molecule has 0 aliphatic carbocycles. The van der Waals surface area contributed by atoms with Crippen molar-refractivity contribution in [2.45, 2.75) is 6.42 Å². The highest BCUT2D eigenvalue weighted by Gasteiger charge is 1.89. The molecule has 0 heterocycles. The maximum absolute atomic E-state index is 5.71. The Labute approximate surface area is 77.7 Å². The highest BCUT2D eigenvalue weighted by molar-refractivity contribution is 6.30. The van der Waals surface area contributed by atoms with Gasteiger partial charge >= 0.3 is 0 Å². The first-order valence-electron chi connectivity index (χ1n) is 3.76. The molecule has 1 nitrogen and oxygen atoms in total. The Morgan fingerprint density at radius 3 is 2.58 bits per heavy atom. The summed E-state index contributed by atoms with van der Waals surface area (Å²) in [5.41, 5.74) is 1.05. The molecule has 62 valence electrons. The molecule has 0 atom stereocenters. The van der Waals surface area contributed by atoms with E-state index in [1.165, 1.54) is 0 Å². The van der Waals surface area contributed by atoms with Crippen molar-refractivity contribution in [2.24, 2.45) is 0 Å². The normalized spacial score (nSPS) is 9.00. The van der Waals surface area contributed by atoms with Crippen LogP contribution in [-0.4, -0.2) is 6.54 Å². The SMILES string of the molecule is C#CCCNc1ccc(Cl)cc1. The van der Waals surface area contributed by atoms with Gasteiger partial charge in [0.1, 0.15) is 0 Å². The lowest BCUT2D eigenvalue weighted by atomic mass is 10.3. The van der Waals surface area contributed by atoms with Gasteiger partial charge in [-0.15, -0.1) is 12.3 Å². The van der Waals surface area contributed by atoms with Crippen LogP contribution in [-0.2, 0) is 0 Å². The molecular formula is C10H10ClN. The molecule has 1 aromatic rings. The summed E-state index contributed by atoms with van der Waals surface area (Å²) in [6.45, 7) is 0.804. The van der Waals surface area contributed by atoms with Crippen LogP contribution in [0.5, 0.6) is 0 Å². The van der Waals surface area contributed by atoms with E-state index in [1.807, 2.05) is 24.3 Å². The summed E-state index contributed by atoms with van der Waals surface area (Å²) in [6, 6.07) is 7.55. The molecule has 0 bridgehead atoms. The second kappa shape index (κ2) is 4.69. The van der Waals surface area contributed by atoms with E-state index >= 15 is 0 Å². The van der Waals surface area contributed by atoms with Crippen molar-refractivity contribution >= 4 is 17.3 Å². The summed E-state index contributed by atoms with van der Waals surface area (Å²) < 4.78 is 0. The van der Waals surface area contributed by atoms with Crippen LogP contribution >= 0.6 is 11.6 Å². The monoisotopic (exact) mass is 179 g/mol. The molecule has 0 fully saturated rings. The highest BCUT2D eigenvalue weighted by atomic mass is 35.5. The zero-order valence-electron chi connectivity index (χ0n) is 6.68. The third-order valence-electron chi connectivity index (χ3n) is 1.44. The number of hydrogen-bond acceptors (Lipinski definition) is 1. The molecule has 0 amide bonds. The van der Waals surface area contributed by atoms with Crippen molar-refractivity contribution < 1.29 is 0 Å². The number of nitrogens with one attached hydrogen (secondary N) is 1. The lowest BCUT2D eigenvalue weighted by molar-refractivity contribution is 1.10. The summed E-state index contributed by atoms with van der Waals surface area (Å²) in [4.78, 5) is 0. The average molecular weight is 180 g/mol. The largest absolute Gasteiger partial charge is 0.384 e. The van der Waals surface area contributed by atoms with Crippen molar-refractivity contribution in [1.82, 2.24) is 0 Å². The van der Waals surface area contributed by atoms with Crippen LogP contribution in [0, 0.1) is 12.3 Å². The number of anilines is 1. The van der Waals surface area contributed by atoms with Crippen LogP contribution in [0.25, 0.3) is 0 Å². The van der Waals surface area contributed by atoms with Crippen LogP contribution in [0.2, 0.25) is 5.02 Å². The minimum Gasteiger partial charge on any atom is -0.384 e. The number of rotatable bonds is 3. The van der Waals surface area contributed by atoms with Gasteiger partial charge in [0, 0.05) is 23.7 Å². The molecule has 0 aromatic heterocycles. The van der Waals surface area contributed by atoms with Gasteiger partial charge in [0.05, 0.1) is 0 Å². The first-order valence-corrected chi connectivity index (χ1v) is 4.13. The first kappa shape index (κ1) is 8.96. The average Bonchev–Trinajstić information content (AvgIpc) is 2.09. The van der Waals surface area contributed by atoms with Crippen LogP contribution < -0.4 is 5.32 Å². The van der Waals surface area contributed by atoms with Gasteiger partial charge in [0.25, 0.3) is 0 Å². The van der Waals surface area contributed by atoms with E-state index in [2.05, 4.69) is 11.2 Å². The number of halogens is 1. The van der Waals surface area contributed by atoms with Crippen molar-refractivity contribution in [3.05, 3.63) is 29.3 Å². The molecule has 0 saturated heterocycles. The fraction of sp³-hybridized carbons (Fsp3) is 0.200. The molecule has 0 radical (unpaired) electrons. The molecule has 2 heteroatoms. The van der Waals surface area contributed by atoms with Gasteiger partial charge < -0.3 is 5.32 Å². The van der Waals surface area contributed by atoms with Crippen molar-refractivity contribution in [2.75, 3.05) is 11.9 Å². The smallest absolute Gasteiger partial charge is 0.0407 e. The third kappa shape index (κ3) is 2.86. The highest BCUT2D eigenvalue weighted by Crippen LogP contribution is 2.12. The van der Waals surface area contributed by atoms with Gasteiger partial charge in [0.2, 0.25) is 0 Å². The molecular weight excluding hydrogens is 170 g/mol. The Morgan fingerprint density at radius 1 is 1.33 bits per heavy atom. The molecule has 0 unspecified atom stereocenters. The summed E-state index contributed by atoms with van der Waals surface area (Å²) in [5.74, 6) is 2.56. The standard InChI is InChI=1S/C10H10ClN/c1-2-3-8-12-10-6-4-9(11)5-7-10/h1,4-7,12H,3,8H2. The van der Waals surface area contributed by atoms with Gasteiger partial charge in [-0.1, -0.05) is 11.6 Å². The third-order valence-corrected chi connectivity index (χ3v) is 1.69. The summed E-state index contributed by atoms with van der Waals surface area (Å²) in [7, 11) is 0. The van der Waals surface area contributed by atoms with Gasteiger partial charge in [-0.25, -0.2) is 0 Å². The second-order valence-corrected chi connectivity index (χ2v) is 2.82. The second-order valence-electron chi connectivity index (χ2n) is 2.39. The maximum Gasteiger partial charge on any atom is 0.0407 e. The molecule has 1 N–H and O–H groups in total. The zero-order valence-corrected chi connectivity index (χ0v) is 7.43. The lowest BCUT2D eigenvalue weighted by Gasteiger charge is -2.02. The minimum atomic E-state index is 0.739. The molecule has 0 aliphatic rings. The Balaban J connectivity index is 2.43. The van der Waals surface area contributed by atoms with Gasteiger partial charge in [0.15, 0.2) is 0 Å². The molecule has 12 heavy (non-hydrogen) atoms. The van der Waals surface area contributed by atoms with E-state index in [0.717, 1.165) is 23.7 Å². The van der Waals surface area contributed by atoms with Crippen LogP contribution in [0.1, 0.15) is 6.42 Å². The Morgan fingerprint density at radius 2 is 2.00 bits per heavy atom. The summed E-state index contributed by atoms with van der Waals surface area (Å²) in [5, 5.41) is 3.92. The fourth-order valence-corrected chi connectivity index (χ4v) is 0.973. The minimum absolute atomic E-state index is 0.739. The predicted octanol–water partition coefficient (Wildman–Crippen LogP) is 2.78. The molecule has 1 rings (SSSR count). The topological polar surface area (TPSA) is 12.0 Å².